The number of esters is 1. The molecule has 2 fully saturated rings. The maximum atomic E-state index is 12.2. The lowest BCUT2D eigenvalue weighted by molar-refractivity contribution is -0.142. The van der Waals surface area contributed by atoms with E-state index in [0.717, 1.165) is 108 Å². The number of benzene rings is 4. The van der Waals surface area contributed by atoms with Crippen LogP contribution in [0.2, 0.25) is 0 Å². The molecular formula is C41H44N6O6. The van der Waals surface area contributed by atoms with Crippen LogP contribution in [0.25, 0.3) is 33.6 Å². The van der Waals surface area contributed by atoms with Gasteiger partial charge in [-0.15, -0.1) is 0 Å². The van der Waals surface area contributed by atoms with Crippen molar-refractivity contribution in [1.29, 1.82) is 0 Å². The molecule has 1 atom stereocenters. The van der Waals surface area contributed by atoms with Crippen molar-refractivity contribution < 1.29 is 28.2 Å². The molecule has 0 radical (unpaired) electrons. The number of aromatic nitrogens is 3. The van der Waals surface area contributed by atoms with Crippen molar-refractivity contribution >= 4 is 45.2 Å². The fourth-order valence-electron chi connectivity index (χ4n) is 7.17. The van der Waals surface area contributed by atoms with Crippen LogP contribution in [0.15, 0.2) is 89.3 Å². The van der Waals surface area contributed by atoms with E-state index in [1.165, 1.54) is 0 Å². The van der Waals surface area contributed by atoms with Crippen molar-refractivity contribution in [1.82, 2.24) is 14.5 Å². The lowest BCUT2D eigenvalue weighted by Gasteiger charge is -2.25. The fraction of sp³-hybridized carbons (Fsp3) is 0.341. The Labute approximate surface area is 307 Å². The standard InChI is InChI=1S/C23H25N3O4.C18H19N3O2/c1-2-29-22(27)14-21-24-18-13-15(23-25-17-5-3-4-6-20(17)30-23)7-8-19(18)26(21)16-9-11-28-12-10-16;19-14-11-12(18-21-16-3-1-2-4-17(16)23-18)5-6-15(14)20-13-7-9-22-10-8-13/h3-8,13,16,23,25H,2,9-12,14H2,1H3;1-6,11,13,20H,7-10,19H2. The first-order chi connectivity index (χ1) is 26.0. The summed E-state index contributed by atoms with van der Waals surface area (Å²) in [4.78, 5) is 21.5. The van der Waals surface area contributed by atoms with E-state index in [4.69, 9.17) is 34.1 Å². The molecule has 3 aliphatic heterocycles. The lowest BCUT2D eigenvalue weighted by Crippen LogP contribution is -2.28. The number of oxazole rings is 1. The number of carbonyl (C=O) groups is 1. The minimum absolute atomic E-state index is 0.166. The molecule has 2 aromatic heterocycles. The maximum Gasteiger partial charge on any atom is 0.313 e. The minimum Gasteiger partial charge on any atom is -0.466 e. The van der Waals surface area contributed by atoms with Crippen LogP contribution in [0.1, 0.15) is 56.3 Å². The molecule has 1 unspecified atom stereocenters. The summed E-state index contributed by atoms with van der Waals surface area (Å²) in [6, 6.07) is 28.4. The van der Waals surface area contributed by atoms with Gasteiger partial charge in [0.05, 0.1) is 34.7 Å². The van der Waals surface area contributed by atoms with Gasteiger partial charge in [-0.1, -0.05) is 30.3 Å². The highest BCUT2D eigenvalue weighted by atomic mass is 16.5. The smallest absolute Gasteiger partial charge is 0.313 e. The minimum atomic E-state index is -0.256. The SMILES string of the molecule is CCOC(=O)Cc1nc2cc(C3Nc4ccccc4O3)ccc2n1C1CCOCC1.Nc1cc(-c2nc3ccccc3o2)ccc1NC1CCOCC1. The van der Waals surface area contributed by atoms with Crippen LogP contribution >= 0.6 is 0 Å². The normalized spacial score (nSPS) is 17.4. The van der Waals surface area contributed by atoms with Gasteiger partial charge in [0.1, 0.15) is 23.5 Å². The summed E-state index contributed by atoms with van der Waals surface area (Å²) in [5, 5.41) is 6.90. The third-order valence-electron chi connectivity index (χ3n) is 9.84. The molecule has 274 valence electrons. The molecule has 0 spiro atoms. The quantitative estimate of drug-likeness (QED) is 0.105. The van der Waals surface area contributed by atoms with Gasteiger partial charge in [-0.3, -0.25) is 4.79 Å². The molecule has 5 heterocycles. The number of nitrogens with one attached hydrogen (secondary N) is 2. The second kappa shape index (κ2) is 15.6. The molecule has 12 heteroatoms. The molecule has 3 aliphatic rings. The van der Waals surface area contributed by atoms with Crippen LogP contribution in [0.3, 0.4) is 0 Å². The van der Waals surface area contributed by atoms with Gasteiger partial charge in [0.2, 0.25) is 5.89 Å². The number of nitrogens with two attached hydrogens (primary N) is 1. The van der Waals surface area contributed by atoms with Gasteiger partial charge in [0.25, 0.3) is 0 Å². The van der Waals surface area contributed by atoms with E-state index in [2.05, 4.69) is 32.3 Å². The van der Waals surface area contributed by atoms with Gasteiger partial charge >= 0.3 is 5.97 Å². The summed E-state index contributed by atoms with van der Waals surface area (Å²) in [6.45, 7) is 5.24. The van der Waals surface area contributed by atoms with Gasteiger partial charge in [0.15, 0.2) is 11.8 Å². The van der Waals surface area contributed by atoms with E-state index in [1.807, 2.05) is 79.7 Å². The average Bonchev–Trinajstić information content (AvgIpc) is 3.92. The summed E-state index contributed by atoms with van der Waals surface area (Å²) in [5.74, 6) is 1.93. The van der Waals surface area contributed by atoms with Crippen LogP contribution in [0.4, 0.5) is 17.1 Å². The molecule has 9 rings (SSSR count). The molecule has 4 N–H and O–H groups in total. The first-order valence-electron chi connectivity index (χ1n) is 18.4. The zero-order chi connectivity index (χ0) is 36.1. The van der Waals surface area contributed by atoms with Crippen molar-refractivity contribution in [3.8, 4) is 17.2 Å². The lowest BCUT2D eigenvalue weighted by atomic mass is 10.1. The molecule has 0 bridgehead atoms. The molecule has 6 aromatic rings. The molecule has 12 nitrogen and oxygen atoms in total. The number of rotatable bonds is 8. The van der Waals surface area contributed by atoms with Gasteiger partial charge in [0, 0.05) is 49.6 Å². The van der Waals surface area contributed by atoms with Gasteiger partial charge in [-0.2, -0.15) is 0 Å². The molecule has 4 aromatic carbocycles. The number of nitrogens with zero attached hydrogens (tertiary/aromatic N) is 3. The predicted octanol–water partition coefficient (Wildman–Crippen LogP) is 7.66. The summed E-state index contributed by atoms with van der Waals surface area (Å²) in [6.07, 6.45) is 3.74. The Kier molecular flexibility index (Phi) is 10.1. The monoisotopic (exact) mass is 716 g/mol. The van der Waals surface area contributed by atoms with E-state index in [9.17, 15) is 4.79 Å². The number of hydrogen-bond donors (Lipinski definition) is 3. The highest BCUT2D eigenvalue weighted by Gasteiger charge is 2.27. The molecule has 53 heavy (non-hydrogen) atoms. The van der Waals surface area contributed by atoms with E-state index in [-0.39, 0.29) is 24.7 Å². The maximum absolute atomic E-state index is 12.2. The van der Waals surface area contributed by atoms with E-state index >= 15 is 0 Å². The zero-order valence-corrected chi connectivity index (χ0v) is 29.8. The van der Waals surface area contributed by atoms with Crippen LogP contribution < -0.4 is 21.1 Å². The molecule has 0 saturated carbocycles. The van der Waals surface area contributed by atoms with Crippen LogP contribution in [0, 0.1) is 0 Å². The highest BCUT2D eigenvalue weighted by Crippen LogP contribution is 2.39. The Morgan fingerprint density at radius 1 is 0.906 bits per heavy atom. The number of fused-ring (bicyclic) bond motifs is 3. The van der Waals surface area contributed by atoms with Crippen molar-refractivity contribution in [2.45, 2.75) is 57.3 Å². The molecule has 2 saturated heterocycles. The van der Waals surface area contributed by atoms with Crippen LogP contribution in [-0.2, 0) is 25.4 Å². The zero-order valence-electron chi connectivity index (χ0n) is 29.8. The van der Waals surface area contributed by atoms with Gasteiger partial charge < -0.3 is 44.3 Å². The summed E-state index contributed by atoms with van der Waals surface area (Å²) < 4.78 is 30.2. The first-order valence-corrected chi connectivity index (χ1v) is 18.4. The Hall–Kier alpha value is -5.59. The van der Waals surface area contributed by atoms with E-state index in [0.29, 0.717) is 24.2 Å². The summed E-state index contributed by atoms with van der Waals surface area (Å²) in [7, 11) is 0. The molecule has 0 amide bonds. The predicted molar refractivity (Wildman–Crippen MR) is 204 cm³/mol. The Balaban J connectivity index is 0.000000156. The fourth-order valence-corrected chi connectivity index (χ4v) is 7.17. The Bertz CT molecular complexity index is 2140. The van der Waals surface area contributed by atoms with Crippen molar-refractivity contribution in [3.05, 3.63) is 96.3 Å². The third kappa shape index (κ3) is 7.65. The second-order valence-corrected chi connectivity index (χ2v) is 13.4. The van der Waals surface area contributed by atoms with Crippen molar-refractivity contribution in [2.24, 2.45) is 0 Å². The number of nitrogen functional groups attached to an aromatic ring is 1. The number of para-hydroxylation sites is 4. The van der Waals surface area contributed by atoms with Crippen molar-refractivity contribution in [3.63, 3.8) is 0 Å². The van der Waals surface area contributed by atoms with E-state index in [1.54, 1.807) is 0 Å². The summed E-state index contributed by atoms with van der Waals surface area (Å²) in [5.41, 5.74) is 14.3. The van der Waals surface area contributed by atoms with Crippen molar-refractivity contribution in [2.75, 3.05) is 49.4 Å². The largest absolute Gasteiger partial charge is 0.466 e. The average molecular weight is 717 g/mol. The molecule has 0 aliphatic carbocycles. The Morgan fingerprint density at radius 2 is 1.68 bits per heavy atom. The van der Waals surface area contributed by atoms with Crippen LogP contribution in [-0.4, -0.2) is 59.6 Å². The highest BCUT2D eigenvalue weighted by molar-refractivity contribution is 5.81. The molecular weight excluding hydrogens is 672 g/mol. The number of carbonyl (C=O) groups excluding carboxylic acids is 1. The summed E-state index contributed by atoms with van der Waals surface area (Å²) >= 11 is 0. The third-order valence-corrected chi connectivity index (χ3v) is 9.84. The number of hydrogen-bond acceptors (Lipinski definition) is 11. The topological polar surface area (TPSA) is 148 Å². The number of ether oxygens (including phenoxy) is 4. The van der Waals surface area contributed by atoms with Gasteiger partial charge in [-0.05, 0) is 87.2 Å². The van der Waals surface area contributed by atoms with Gasteiger partial charge in [-0.25, -0.2) is 9.97 Å². The number of anilines is 3. The second-order valence-electron chi connectivity index (χ2n) is 13.4. The van der Waals surface area contributed by atoms with E-state index < -0.39 is 0 Å². The first kappa shape index (κ1) is 34.5. The van der Waals surface area contributed by atoms with Crippen LogP contribution in [0.5, 0.6) is 5.75 Å². The number of imidazole rings is 1. The Morgan fingerprint density at radius 3 is 2.45 bits per heavy atom.